The number of benzene rings is 1. The Kier molecular flexibility index (Phi) is 2.26. The van der Waals surface area contributed by atoms with Crippen LogP contribution in [0.25, 0.3) is 0 Å². The van der Waals surface area contributed by atoms with E-state index >= 15 is 0 Å². The first kappa shape index (κ1) is 11.9. The highest BCUT2D eigenvalue weighted by molar-refractivity contribution is 7.93. The van der Waals surface area contributed by atoms with Crippen molar-refractivity contribution in [1.29, 1.82) is 0 Å². The molecule has 3 aliphatic carbocycles. The summed E-state index contributed by atoms with van der Waals surface area (Å²) in [5, 5.41) is 0. The molecule has 4 fully saturated rings. The molecule has 0 N–H and O–H groups in total. The lowest BCUT2D eigenvalue weighted by Gasteiger charge is -2.46. The Hall–Kier alpha value is -0.870. The summed E-state index contributed by atoms with van der Waals surface area (Å²) in [5.41, 5.74) is 0. The molecule has 1 heterocycles. The summed E-state index contributed by atoms with van der Waals surface area (Å²) in [6.07, 6.45) is 4.13. The normalized spacial score (nSPS) is 43.8. The molecule has 1 aliphatic heterocycles. The van der Waals surface area contributed by atoms with Crippen molar-refractivity contribution in [3.05, 3.63) is 30.3 Å². The Morgan fingerprint density at radius 1 is 1.16 bits per heavy atom. The molecular weight excluding hydrogens is 258 g/mol. The standard InChI is InChI=1S/C15H19NO2S/c1-16-13-8-7-11-9-15(10-11,14(13)16)19(17,18)12-5-3-2-4-6-12/h2-6,11,13-14H,7-10H2,1H3/t11?,13-,14-,15?,16?/m0/s1. The fourth-order valence-electron chi connectivity index (χ4n) is 4.47. The molecule has 2 bridgehead atoms. The van der Waals surface area contributed by atoms with Gasteiger partial charge in [-0.1, -0.05) is 18.2 Å². The summed E-state index contributed by atoms with van der Waals surface area (Å²) in [7, 11) is -1.12. The molecule has 1 aromatic rings. The molecule has 3 nitrogen and oxygen atoms in total. The Balaban J connectivity index is 1.80. The molecule has 0 amide bonds. The third kappa shape index (κ3) is 1.39. The first-order valence-electron chi connectivity index (χ1n) is 7.08. The topological polar surface area (TPSA) is 37.1 Å². The Morgan fingerprint density at radius 2 is 1.84 bits per heavy atom. The van der Waals surface area contributed by atoms with Crippen LogP contribution in [0.5, 0.6) is 0 Å². The van der Waals surface area contributed by atoms with Gasteiger partial charge in [-0.25, -0.2) is 8.42 Å². The van der Waals surface area contributed by atoms with Gasteiger partial charge in [0.1, 0.15) is 0 Å². The zero-order chi connectivity index (χ0) is 13.3. The van der Waals surface area contributed by atoms with Crippen molar-refractivity contribution in [3.63, 3.8) is 0 Å². The number of likely N-dealkylation sites (tertiary alicyclic amines) is 1. The van der Waals surface area contributed by atoms with Gasteiger partial charge in [0.15, 0.2) is 9.84 Å². The minimum atomic E-state index is -3.20. The molecule has 1 saturated heterocycles. The van der Waals surface area contributed by atoms with E-state index in [1.807, 2.05) is 18.2 Å². The lowest BCUT2D eigenvalue weighted by Crippen LogP contribution is -2.54. The minimum absolute atomic E-state index is 0.261. The van der Waals surface area contributed by atoms with Gasteiger partial charge in [-0.2, -0.15) is 0 Å². The first-order valence-corrected chi connectivity index (χ1v) is 8.56. The molecule has 5 rings (SSSR count). The van der Waals surface area contributed by atoms with Crippen LogP contribution in [0.4, 0.5) is 0 Å². The number of likely N-dealkylation sites (N-methyl/N-ethyl adjacent to an activating group) is 1. The summed E-state index contributed by atoms with van der Waals surface area (Å²) in [6, 6.07) is 9.79. The fourth-order valence-corrected chi connectivity index (χ4v) is 7.01. The summed E-state index contributed by atoms with van der Waals surface area (Å²) < 4.78 is 25.6. The van der Waals surface area contributed by atoms with E-state index < -0.39 is 14.6 Å². The molecule has 3 atom stereocenters. The SMILES string of the molecule is CN1[C@H]2[C@@H]1CCC1CC2(S(=O)(=O)c2ccccc2)C1. The van der Waals surface area contributed by atoms with Gasteiger partial charge in [-0.05, 0) is 50.8 Å². The summed E-state index contributed by atoms with van der Waals surface area (Å²) in [4.78, 5) is 2.78. The van der Waals surface area contributed by atoms with E-state index in [0.717, 1.165) is 12.8 Å². The molecule has 0 aromatic heterocycles. The molecule has 19 heavy (non-hydrogen) atoms. The molecule has 1 unspecified atom stereocenters. The highest BCUT2D eigenvalue weighted by Crippen LogP contribution is 2.60. The van der Waals surface area contributed by atoms with Gasteiger partial charge >= 0.3 is 0 Å². The van der Waals surface area contributed by atoms with Crippen LogP contribution in [0.1, 0.15) is 25.7 Å². The lowest BCUT2D eigenvalue weighted by molar-refractivity contribution is 0.193. The van der Waals surface area contributed by atoms with Gasteiger partial charge in [0.05, 0.1) is 9.64 Å². The number of hydrogen-bond acceptors (Lipinski definition) is 3. The molecule has 0 spiro atoms. The quantitative estimate of drug-likeness (QED) is 0.777. The van der Waals surface area contributed by atoms with Crippen molar-refractivity contribution in [2.24, 2.45) is 5.92 Å². The number of fused-ring (bicyclic) bond motifs is 1. The number of hydrogen-bond donors (Lipinski definition) is 0. The number of sulfone groups is 1. The van der Waals surface area contributed by atoms with E-state index in [1.54, 1.807) is 12.1 Å². The molecule has 3 saturated carbocycles. The molecular formula is C15H19NO2S. The lowest BCUT2D eigenvalue weighted by atomic mass is 9.72. The predicted molar refractivity (Wildman–Crippen MR) is 73.7 cm³/mol. The van der Waals surface area contributed by atoms with Gasteiger partial charge in [0.2, 0.25) is 0 Å². The third-order valence-corrected chi connectivity index (χ3v) is 8.04. The molecule has 0 radical (unpaired) electrons. The van der Waals surface area contributed by atoms with Crippen LogP contribution < -0.4 is 0 Å². The third-order valence-electron chi connectivity index (χ3n) is 5.50. The van der Waals surface area contributed by atoms with Crippen LogP contribution in [0.3, 0.4) is 0 Å². The summed E-state index contributed by atoms with van der Waals surface area (Å²) in [6.45, 7) is 0. The number of rotatable bonds is 2. The highest BCUT2D eigenvalue weighted by Gasteiger charge is 2.70. The largest absolute Gasteiger partial charge is 0.296 e. The van der Waals surface area contributed by atoms with Crippen LogP contribution in [-0.4, -0.2) is 37.2 Å². The van der Waals surface area contributed by atoms with Crippen molar-refractivity contribution < 1.29 is 8.42 Å². The Morgan fingerprint density at radius 3 is 2.53 bits per heavy atom. The highest BCUT2D eigenvalue weighted by atomic mass is 32.2. The van der Waals surface area contributed by atoms with Crippen LogP contribution in [-0.2, 0) is 9.84 Å². The summed E-state index contributed by atoms with van der Waals surface area (Å²) >= 11 is 0. The second kappa shape index (κ2) is 3.61. The maximum atomic E-state index is 13.1. The average Bonchev–Trinajstić information content (AvgIpc) is 3.07. The van der Waals surface area contributed by atoms with Gasteiger partial charge in [-0.15, -0.1) is 0 Å². The number of nitrogens with zero attached hydrogens (tertiary/aromatic N) is 1. The van der Waals surface area contributed by atoms with Crippen LogP contribution in [0.15, 0.2) is 35.2 Å². The van der Waals surface area contributed by atoms with Gasteiger partial charge < -0.3 is 0 Å². The van der Waals surface area contributed by atoms with E-state index in [1.165, 1.54) is 12.8 Å². The van der Waals surface area contributed by atoms with Crippen LogP contribution in [0.2, 0.25) is 0 Å². The second-order valence-corrected chi connectivity index (χ2v) is 8.70. The van der Waals surface area contributed by atoms with Gasteiger partial charge in [-0.3, -0.25) is 4.90 Å². The van der Waals surface area contributed by atoms with Crippen molar-refractivity contribution in [2.45, 2.75) is 47.4 Å². The molecule has 102 valence electrons. The minimum Gasteiger partial charge on any atom is -0.296 e. The first-order chi connectivity index (χ1) is 9.06. The smallest absolute Gasteiger partial charge is 0.185 e. The monoisotopic (exact) mass is 277 g/mol. The predicted octanol–water partition coefficient (Wildman–Crippen LogP) is 2.09. The molecule has 4 heteroatoms. The van der Waals surface area contributed by atoms with Crippen LogP contribution in [0, 0.1) is 5.92 Å². The van der Waals surface area contributed by atoms with E-state index in [2.05, 4.69) is 11.9 Å². The van der Waals surface area contributed by atoms with Crippen molar-refractivity contribution in [1.82, 2.24) is 4.90 Å². The second-order valence-electron chi connectivity index (χ2n) is 6.41. The summed E-state index contributed by atoms with van der Waals surface area (Å²) in [5.74, 6) is 0.639. The van der Waals surface area contributed by atoms with E-state index in [-0.39, 0.29) is 6.04 Å². The van der Waals surface area contributed by atoms with E-state index in [9.17, 15) is 8.42 Å². The van der Waals surface area contributed by atoms with Crippen LogP contribution >= 0.6 is 0 Å². The zero-order valence-electron chi connectivity index (χ0n) is 11.1. The van der Waals surface area contributed by atoms with Crippen molar-refractivity contribution in [2.75, 3.05) is 7.05 Å². The Labute approximate surface area is 114 Å². The fraction of sp³-hybridized carbons (Fsp3) is 0.600. The molecule has 1 aromatic carbocycles. The van der Waals surface area contributed by atoms with Crippen molar-refractivity contribution >= 4 is 9.84 Å². The maximum Gasteiger partial charge on any atom is 0.185 e. The van der Waals surface area contributed by atoms with E-state index in [0.29, 0.717) is 16.9 Å². The maximum absolute atomic E-state index is 13.1. The van der Waals surface area contributed by atoms with Gasteiger partial charge in [0.25, 0.3) is 0 Å². The van der Waals surface area contributed by atoms with Crippen molar-refractivity contribution in [3.8, 4) is 0 Å². The van der Waals surface area contributed by atoms with Gasteiger partial charge in [0, 0.05) is 12.1 Å². The zero-order valence-corrected chi connectivity index (χ0v) is 11.9. The Bertz CT molecular complexity index is 604. The molecule has 4 aliphatic rings. The van der Waals surface area contributed by atoms with E-state index in [4.69, 9.17) is 0 Å². The average molecular weight is 277 g/mol.